The second-order valence-corrected chi connectivity index (χ2v) is 7.47. The molecule has 0 heterocycles. The Morgan fingerprint density at radius 3 is 2.60 bits per heavy atom. The summed E-state index contributed by atoms with van der Waals surface area (Å²) < 4.78 is 33.3. The molecule has 1 rings (SSSR count). The van der Waals surface area contributed by atoms with Crippen molar-refractivity contribution in [2.75, 3.05) is 13.2 Å². The first-order chi connectivity index (χ1) is 9.24. The number of hydrogen-bond donors (Lipinski definition) is 0. The summed E-state index contributed by atoms with van der Waals surface area (Å²) in [5.41, 5.74) is 0.0990. The van der Waals surface area contributed by atoms with Crippen LogP contribution in [0.2, 0.25) is 0 Å². The molecule has 1 unspecified atom stereocenters. The van der Waals surface area contributed by atoms with Gasteiger partial charge in [0.1, 0.15) is 6.10 Å². The fraction of sp³-hybridized carbons (Fsp3) is 0.417. The fourth-order valence-electron chi connectivity index (χ4n) is 1.39. The zero-order chi connectivity index (χ0) is 15.3. The van der Waals surface area contributed by atoms with Crippen LogP contribution >= 0.6 is 26.6 Å². The average Bonchev–Trinajstić information content (AvgIpc) is 2.34. The zero-order valence-electron chi connectivity index (χ0n) is 10.9. The molecular formula is C12H14BrClO5S. The molecular weight excluding hydrogens is 372 g/mol. The van der Waals surface area contributed by atoms with E-state index in [2.05, 4.69) is 15.9 Å². The number of halogens is 2. The van der Waals surface area contributed by atoms with Gasteiger partial charge in [0, 0.05) is 21.8 Å². The quantitative estimate of drug-likeness (QED) is 0.556. The molecule has 8 heteroatoms. The molecule has 0 aromatic heterocycles. The van der Waals surface area contributed by atoms with Gasteiger partial charge in [-0.05, 0) is 32.0 Å². The molecule has 20 heavy (non-hydrogen) atoms. The summed E-state index contributed by atoms with van der Waals surface area (Å²) in [7, 11) is 1.35. The number of carbonyl (C=O) groups is 1. The van der Waals surface area contributed by atoms with Crippen molar-refractivity contribution in [3.05, 3.63) is 28.2 Å². The maximum Gasteiger partial charge on any atom is 0.338 e. The molecule has 0 spiro atoms. The van der Waals surface area contributed by atoms with E-state index in [0.29, 0.717) is 11.1 Å². The topological polar surface area (TPSA) is 69.7 Å². The lowest BCUT2D eigenvalue weighted by atomic mass is 10.2. The maximum atomic E-state index is 11.9. The second-order valence-electron chi connectivity index (χ2n) is 3.99. The molecule has 0 saturated carbocycles. The highest BCUT2D eigenvalue weighted by Gasteiger charge is 2.17. The van der Waals surface area contributed by atoms with Gasteiger partial charge >= 0.3 is 5.97 Å². The molecule has 0 fully saturated rings. The van der Waals surface area contributed by atoms with Crippen LogP contribution in [0.25, 0.3) is 0 Å². The van der Waals surface area contributed by atoms with Gasteiger partial charge in [-0.15, -0.1) is 0 Å². The first kappa shape index (κ1) is 17.4. The third-order valence-corrected chi connectivity index (χ3v) is 4.04. The number of ether oxygens (including phenoxy) is 2. The third-order valence-electron chi connectivity index (χ3n) is 2.25. The van der Waals surface area contributed by atoms with E-state index in [4.69, 9.17) is 20.2 Å². The van der Waals surface area contributed by atoms with Gasteiger partial charge in [-0.25, -0.2) is 13.2 Å². The Bertz CT molecular complexity index is 588. The zero-order valence-corrected chi connectivity index (χ0v) is 14.1. The molecule has 0 aliphatic rings. The minimum absolute atomic E-state index is 0.0990. The summed E-state index contributed by atoms with van der Waals surface area (Å²) in [6, 6.07) is 3.94. The normalized spacial score (nSPS) is 13.0. The highest BCUT2D eigenvalue weighted by Crippen LogP contribution is 2.23. The average molecular weight is 386 g/mol. The van der Waals surface area contributed by atoms with E-state index in [-0.39, 0.29) is 17.1 Å². The van der Waals surface area contributed by atoms with Crippen molar-refractivity contribution < 1.29 is 22.7 Å². The molecule has 0 amide bonds. The molecule has 1 atom stereocenters. The van der Waals surface area contributed by atoms with E-state index in [1.54, 1.807) is 6.92 Å². The summed E-state index contributed by atoms with van der Waals surface area (Å²) in [6.45, 7) is 4.32. The minimum atomic E-state index is -3.91. The Morgan fingerprint density at radius 1 is 1.40 bits per heavy atom. The molecule has 0 aliphatic carbocycles. The van der Waals surface area contributed by atoms with Crippen LogP contribution in [-0.2, 0) is 18.5 Å². The van der Waals surface area contributed by atoms with E-state index in [1.165, 1.54) is 18.2 Å². The van der Waals surface area contributed by atoms with Crippen LogP contribution in [0.3, 0.4) is 0 Å². The number of benzene rings is 1. The third kappa shape index (κ3) is 5.40. The van der Waals surface area contributed by atoms with Crippen molar-refractivity contribution in [3.8, 4) is 0 Å². The molecule has 0 N–H and O–H groups in total. The summed E-state index contributed by atoms with van der Waals surface area (Å²) >= 11 is 3.13. The van der Waals surface area contributed by atoms with E-state index in [1.807, 2.05) is 6.92 Å². The van der Waals surface area contributed by atoms with Crippen LogP contribution in [0.1, 0.15) is 24.2 Å². The first-order valence-electron chi connectivity index (χ1n) is 5.78. The van der Waals surface area contributed by atoms with Gasteiger partial charge in [0.2, 0.25) is 0 Å². The predicted molar refractivity (Wildman–Crippen MR) is 78.6 cm³/mol. The molecule has 5 nitrogen and oxygen atoms in total. The Labute approximate surface area is 130 Å². The Kier molecular flexibility index (Phi) is 6.44. The van der Waals surface area contributed by atoms with Crippen LogP contribution in [-0.4, -0.2) is 33.7 Å². The molecule has 0 saturated heterocycles. The maximum absolute atomic E-state index is 11.9. The van der Waals surface area contributed by atoms with Crippen LogP contribution in [0, 0.1) is 0 Å². The number of rotatable bonds is 6. The highest BCUT2D eigenvalue weighted by atomic mass is 79.9. The lowest BCUT2D eigenvalue weighted by Crippen LogP contribution is -2.20. The smallest absolute Gasteiger partial charge is 0.338 e. The molecule has 0 radical (unpaired) electrons. The lowest BCUT2D eigenvalue weighted by Gasteiger charge is -2.13. The van der Waals surface area contributed by atoms with Gasteiger partial charge in [-0.2, -0.15) is 0 Å². The Hall–Kier alpha value is -0.630. The Morgan fingerprint density at radius 2 is 2.05 bits per heavy atom. The summed E-state index contributed by atoms with van der Waals surface area (Å²) in [5.74, 6) is -0.639. The van der Waals surface area contributed by atoms with Gasteiger partial charge in [-0.1, -0.05) is 15.9 Å². The molecule has 1 aromatic rings. The minimum Gasteiger partial charge on any atom is -0.457 e. The van der Waals surface area contributed by atoms with Gasteiger partial charge in [0.25, 0.3) is 9.05 Å². The van der Waals surface area contributed by atoms with E-state index in [9.17, 15) is 13.2 Å². The lowest BCUT2D eigenvalue weighted by molar-refractivity contribution is 0.00437. The first-order valence-corrected chi connectivity index (χ1v) is 8.88. The number of esters is 1. The van der Waals surface area contributed by atoms with Crippen molar-refractivity contribution in [2.45, 2.75) is 24.8 Å². The largest absolute Gasteiger partial charge is 0.457 e. The van der Waals surface area contributed by atoms with Gasteiger partial charge in [0.05, 0.1) is 17.1 Å². The van der Waals surface area contributed by atoms with Crippen molar-refractivity contribution in [1.82, 2.24) is 0 Å². The molecule has 112 valence electrons. The number of hydrogen-bond acceptors (Lipinski definition) is 5. The van der Waals surface area contributed by atoms with E-state index < -0.39 is 21.1 Å². The summed E-state index contributed by atoms with van der Waals surface area (Å²) in [6.07, 6.45) is -0.433. The van der Waals surface area contributed by atoms with Gasteiger partial charge < -0.3 is 9.47 Å². The van der Waals surface area contributed by atoms with Crippen LogP contribution in [0.4, 0.5) is 0 Å². The second kappa shape index (κ2) is 7.40. The molecule has 0 bridgehead atoms. The number of carbonyl (C=O) groups excluding carboxylic acids is 1. The molecule has 0 aliphatic heterocycles. The van der Waals surface area contributed by atoms with Crippen molar-refractivity contribution >= 4 is 41.6 Å². The van der Waals surface area contributed by atoms with Crippen molar-refractivity contribution in [3.63, 3.8) is 0 Å². The van der Waals surface area contributed by atoms with Gasteiger partial charge in [-0.3, -0.25) is 0 Å². The van der Waals surface area contributed by atoms with Crippen LogP contribution in [0.5, 0.6) is 0 Å². The summed E-state index contributed by atoms with van der Waals surface area (Å²) in [5, 5.41) is 0. The van der Waals surface area contributed by atoms with Crippen LogP contribution in [0.15, 0.2) is 27.6 Å². The van der Waals surface area contributed by atoms with E-state index >= 15 is 0 Å². The van der Waals surface area contributed by atoms with Crippen molar-refractivity contribution in [1.29, 1.82) is 0 Å². The Balaban J connectivity index is 2.91. The monoisotopic (exact) mass is 384 g/mol. The SMILES string of the molecule is CCOCC(C)OC(=O)c1cc(Br)cc(S(=O)(=O)Cl)c1. The molecule has 1 aromatic carbocycles. The predicted octanol–water partition coefficient (Wildman–Crippen LogP) is 2.96. The van der Waals surface area contributed by atoms with Gasteiger partial charge in [0.15, 0.2) is 0 Å². The fourth-order valence-corrected chi connectivity index (χ4v) is 2.84. The van der Waals surface area contributed by atoms with Crippen LogP contribution < -0.4 is 0 Å². The van der Waals surface area contributed by atoms with E-state index in [0.717, 1.165) is 0 Å². The highest BCUT2D eigenvalue weighted by molar-refractivity contribution is 9.10. The summed E-state index contributed by atoms with van der Waals surface area (Å²) in [4.78, 5) is 11.7. The standard InChI is InChI=1S/C12H14BrClO5S/c1-3-18-7-8(2)19-12(15)9-4-10(13)6-11(5-9)20(14,16)17/h4-6,8H,3,7H2,1-2H3. The van der Waals surface area contributed by atoms with Crippen molar-refractivity contribution in [2.24, 2.45) is 0 Å².